The third-order valence-corrected chi connectivity index (χ3v) is 6.49. The summed E-state index contributed by atoms with van der Waals surface area (Å²) in [7, 11) is 3.13. The number of ether oxygens (including phenoxy) is 2. The fourth-order valence-corrected chi connectivity index (χ4v) is 4.77. The van der Waals surface area contributed by atoms with Gasteiger partial charge in [0.2, 0.25) is 11.1 Å². The molecule has 2 N–H and O–H groups in total. The summed E-state index contributed by atoms with van der Waals surface area (Å²) in [4.78, 5) is 13.4. The van der Waals surface area contributed by atoms with Crippen molar-refractivity contribution in [1.82, 2.24) is 14.9 Å². The molecular formula is C21H22ClN5O3S. The van der Waals surface area contributed by atoms with Gasteiger partial charge < -0.3 is 20.2 Å². The molecule has 162 valence electrons. The summed E-state index contributed by atoms with van der Waals surface area (Å²) < 4.78 is 12.5. The highest BCUT2D eigenvalue weighted by atomic mass is 35.5. The second-order valence-electron chi connectivity index (χ2n) is 6.82. The number of aryl methyl sites for hydroxylation is 1. The molecule has 4 rings (SSSR count). The van der Waals surface area contributed by atoms with Crippen LogP contribution in [0.5, 0.6) is 11.5 Å². The molecule has 10 heteroatoms. The molecule has 0 saturated heterocycles. The van der Waals surface area contributed by atoms with E-state index >= 15 is 0 Å². The van der Waals surface area contributed by atoms with Crippen molar-refractivity contribution in [2.24, 2.45) is 0 Å². The maximum atomic E-state index is 13.4. The van der Waals surface area contributed by atoms with Gasteiger partial charge in [0.1, 0.15) is 16.7 Å². The van der Waals surface area contributed by atoms with E-state index in [0.29, 0.717) is 33.8 Å². The highest BCUT2D eigenvalue weighted by Gasteiger charge is 2.38. The highest BCUT2D eigenvalue weighted by Crippen LogP contribution is 2.39. The number of carbonyl (C=O) groups excluding carboxylic acids is 1. The molecule has 0 saturated carbocycles. The van der Waals surface area contributed by atoms with E-state index in [0.717, 1.165) is 11.4 Å². The summed E-state index contributed by atoms with van der Waals surface area (Å²) in [6.45, 7) is 2.00. The van der Waals surface area contributed by atoms with Gasteiger partial charge in [-0.3, -0.25) is 4.79 Å². The van der Waals surface area contributed by atoms with Crippen LogP contribution < -0.4 is 20.2 Å². The first-order valence-corrected chi connectivity index (χ1v) is 11.0. The number of hydrogen-bond donors (Lipinski definition) is 2. The SMILES string of the molecule is CCc1nnc2n1N[C@H](c1ccc(OC)c(Cl)c1)[C@@H](C(=O)Nc1ccccc1OC)S2. The molecule has 2 heterocycles. The summed E-state index contributed by atoms with van der Waals surface area (Å²) in [6, 6.07) is 12.4. The number of aromatic nitrogens is 3. The van der Waals surface area contributed by atoms with E-state index in [1.165, 1.54) is 11.8 Å². The zero-order chi connectivity index (χ0) is 22.0. The van der Waals surface area contributed by atoms with Gasteiger partial charge in [0, 0.05) is 6.42 Å². The van der Waals surface area contributed by atoms with Gasteiger partial charge in [0.05, 0.1) is 31.0 Å². The van der Waals surface area contributed by atoms with E-state index in [-0.39, 0.29) is 11.9 Å². The molecule has 1 aliphatic heterocycles. The molecule has 0 unspecified atom stereocenters. The number of rotatable bonds is 6. The predicted molar refractivity (Wildman–Crippen MR) is 121 cm³/mol. The number of carbonyl (C=O) groups is 1. The number of methoxy groups -OCH3 is 2. The monoisotopic (exact) mass is 459 g/mol. The first-order valence-electron chi connectivity index (χ1n) is 9.70. The lowest BCUT2D eigenvalue weighted by molar-refractivity contribution is -0.116. The number of amides is 1. The summed E-state index contributed by atoms with van der Waals surface area (Å²) in [5.41, 5.74) is 4.85. The van der Waals surface area contributed by atoms with Gasteiger partial charge >= 0.3 is 0 Å². The smallest absolute Gasteiger partial charge is 0.240 e. The molecule has 8 nitrogen and oxygen atoms in total. The lowest BCUT2D eigenvalue weighted by Gasteiger charge is -2.33. The summed E-state index contributed by atoms with van der Waals surface area (Å²) in [5.74, 6) is 1.76. The molecule has 0 radical (unpaired) electrons. The highest BCUT2D eigenvalue weighted by molar-refractivity contribution is 8.00. The zero-order valence-electron chi connectivity index (χ0n) is 17.3. The number of nitrogens with zero attached hydrogens (tertiary/aromatic N) is 3. The Morgan fingerprint density at radius 2 is 1.97 bits per heavy atom. The number of fused-ring (bicyclic) bond motifs is 1. The van der Waals surface area contributed by atoms with Crippen molar-refractivity contribution < 1.29 is 14.3 Å². The number of halogens is 1. The van der Waals surface area contributed by atoms with Crippen LogP contribution in [0.4, 0.5) is 5.69 Å². The number of hydrogen-bond acceptors (Lipinski definition) is 7. The summed E-state index contributed by atoms with van der Waals surface area (Å²) >= 11 is 7.73. The molecule has 2 aromatic carbocycles. The molecular weight excluding hydrogens is 438 g/mol. The Morgan fingerprint density at radius 3 is 2.68 bits per heavy atom. The lowest BCUT2D eigenvalue weighted by Crippen LogP contribution is -2.41. The number of anilines is 1. The predicted octanol–water partition coefficient (Wildman–Crippen LogP) is 3.91. The Bertz CT molecular complexity index is 1110. The van der Waals surface area contributed by atoms with E-state index in [9.17, 15) is 4.79 Å². The van der Waals surface area contributed by atoms with Gasteiger partial charge in [0.25, 0.3) is 0 Å². The van der Waals surface area contributed by atoms with Crippen molar-refractivity contribution in [3.8, 4) is 11.5 Å². The van der Waals surface area contributed by atoms with Crippen LogP contribution in [-0.2, 0) is 11.2 Å². The van der Waals surface area contributed by atoms with E-state index in [4.69, 9.17) is 21.1 Å². The number of para-hydroxylation sites is 2. The third kappa shape index (κ3) is 4.15. The average Bonchev–Trinajstić information content (AvgIpc) is 3.20. The van der Waals surface area contributed by atoms with Crippen LogP contribution >= 0.6 is 23.4 Å². The first kappa shape index (κ1) is 21.3. The summed E-state index contributed by atoms with van der Waals surface area (Å²) in [6.07, 6.45) is 0.703. The van der Waals surface area contributed by atoms with Crippen LogP contribution in [0, 0.1) is 0 Å². The van der Waals surface area contributed by atoms with Crippen molar-refractivity contribution in [2.75, 3.05) is 25.0 Å². The number of thioether (sulfide) groups is 1. The van der Waals surface area contributed by atoms with Crippen LogP contribution in [-0.4, -0.2) is 40.3 Å². The minimum atomic E-state index is -0.532. The van der Waals surface area contributed by atoms with Crippen LogP contribution in [0.2, 0.25) is 5.02 Å². The molecule has 0 bridgehead atoms. The second-order valence-corrected chi connectivity index (χ2v) is 8.33. The van der Waals surface area contributed by atoms with E-state index in [1.54, 1.807) is 32.4 Å². The Kier molecular flexibility index (Phi) is 6.24. The molecule has 0 fully saturated rings. The Balaban J connectivity index is 1.70. The van der Waals surface area contributed by atoms with Gasteiger partial charge in [-0.15, -0.1) is 10.2 Å². The van der Waals surface area contributed by atoms with Crippen molar-refractivity contribution in [3.63, 3.8) is 0 Å². The minimum Gasteiger partial charge on any atom is -0.495 e. The Hall–Kier alpha value is -2.91. The summed E-state index contributed by atoms with van der Waals surface area (Å²) in [5, 5.41) is 12.0. The minimum absolute atomic E-state index is 0.189. The molecule has 3 aromatic rings. The normalized spacial score (nSPS) is 17.4. The molecule has 1 amide bonds. The van der Waals surface area contributed by atoms with E-state index < -0.39 is 5.25 Å². The molecule has 2 atom stereocenters. The number of benzene rings is 2. The van der Waals surface area contributed by atoms with Crippen LogP contribution in [0.1, 0.15) is 24.4 Å². The largest absolute Gasteiger partial charge is 0.495 e. The van der Waals surface area contributed by atoms with Gasteiger partial charge in [-0.05, 0) is 29.8 Å². The van der Waals surface area contributed by atoms with Gasteiger partial charge in [-0.1, -0.05) is 48.5 Å². The van der Waals surface area contributed by atoms with Crippen molar-refractivity contribution in [2.45, 2.75) is 29.8 Å². The Morgan fingerprint density at radius 1 is 1.19 bits per heavy atom. The van der Waals surface area contributed by atoms with Crippen LogP contribution in [0.15, 0.2) is 47.6 Å². The quantitative estimate of drug-likeness (QED) is 0.577. The van der Waals surface area contributed by atoms with E-state index in [2.05, 4.69) is 20.9 Å². The van der Waals surface area contributed by atoms with Gasteiger partial charge in [0.15, 0.2) is 5.82 Å². The zero-order valence-corrected chi connectivity index (χ0v) is 18.8. The maximum absolute atomic E-state index is 13.4. The van der Waals surface area contributed by atoms with Crippen LogP contribution in [0.3, 0.4) is 0 Å². The third-order valence-electron chi connectivity index (χ3n) is 4.98. The Labute approximate surface area is 189 Å². The molecule has 0 spiro atoms. The fraction of sp³-hybridized carbons (Fsp3) is 0.286. The average molecular weight is 460 g/mol. The molecule has 0 aliphatic carbocycles. The van der Waals surface area contributed by atoms with Crippen molar-refractivity contribution >= 4 is 35.0 Å². The second kappa shape index (κ2) is 9.07. The van der Waals surface area contributed by atoms with E-state index in [1.807, 2.05) is 35.9 Å². The standard InChI is InChI=1S/C21H22ClN5O3S/c1-4-17-24-25-21-27(17)26-18(12-9-10-15(29-2)13(22)11-12)19(31-21)20(28)23-14-7-5-6-8-16(14)30-3/h5-11,18-19,26H,4H2,1-3H3,(H,23,28)/t18-,19+/m1/s1. The van der Waals surface area contributed by atoms with Crippen LogP contribution in [0.25, 0.3) is 0 Å². The van der Waals surface area contributed by atoms with Gasteiger partial charge in [-0.25, -0.2) is 4.68 Å². The fourth-order valence-electron chi connectivity index (χ4n) is 3.41. The topological polar surface area (TPSA) is 90.3 Å². The first-order chi connectivity index (χ1) is 15.0. The maximum Gasteiger partial charge on any atom is 0.240 e. The molecule has 31 heavy (non-hydrogen) atoms. The van der Waals surface area contributed by atoms with Crippen molar-refractivity contribution in [1.29, 1.82) is 0 Å². The van der Waals surface area contributed by atoms with Gasteiger partial charge in [-0.2, -0.15) is 0 Å². The molecule has 1 aromatic heterocycles. The lowest BCUT2D eigenvalue weighted by atomic mass is 10.0. The molecule has 1 aliphatic rings. The number of nitrogens with one attached hydrogen (secondary N) is 2. The van der Waals surface area contributed by atoms with Crippen molar-refractivity contribution in [3.05, 3.63) is 58.9 Å².